The molecule has 0 aromatic carbocycles. The number of nitrogens with two attached hydrogens (primary N) is 1. The lowest BCUT2D eigenvalue weighted by atomic mass is 9.95. The van der Waals surface area contributed by atoms with Gasteiger partial charge in [0.15, 0.2) is 0 Å². The molecule has 2 rings (SSSR count). The summed E-state index contributed by atoms with van der Waals surface area (Å²) in [5, 5.41) is 4.34. The van der Waals surface area contributed by atoms with E-state index in [0.717, 1.165) is 19.3 Å². The largest absolute Gasteiger partial charge is 0.327 e. The molecule has 3 heteroatoms. The maximum atomic E-state index is 5.81. The van der Waals surface area contributed by atoms with Crippen LogP contribution in [-0.2, 0) is 19.9 Å². The molecular weight excluding hydrogens is 138 g/mol. The third kappa shape index (κ3) is 1.16. The van der Waals surface area contributed by atoms with Crippen LogP contribution in [0.5, 0.6) is 0 Å². The van der Waals surface area contributed by atoms with Crippen molar-refractivity contribution in [2.75, 3.05) is 0 Å². The van der Waals surface area contributed by atoms with E-state index >= 15 is 0 Å². The van der Waals surface area contributed by atoms with Gasteiger partial charge in [-0.05, 0) is 18.4 Å². The van der Waals surface area contributed by atoms with Crippen LogP contribution in [-0.4, -0.2) is 15.8 Å². The van der Waals surface area contributed by atoms with Crippen molar-refractivity contribution in [1.29, 1.82) is 0 Å². The van der Waals surface area contributed by atoms with Crippen molar-refractivity contribution in [3.8, 4) is 0 Å². The highest BCUT2D eigenvalue weighted by Gasteiger charge is 2.17. The van der Waals surface area contributed by atoms with Crippen LogP contribution in [0, 0.1) is 0 Å². The summed E-state index contributed by atoms with van der Waals surface area (Å²) < 4.78 is 1.88. The Bertz CT molecular complexity index is 264. The molecule has 0 spiro atoms. The van der Waals surface area contributed by atoms with Crippen molar-refractivity contribution in [3.63, 3.8) is 0 Å². The van der Waals surface area contributed by atoms with E-state index in [-0.39, 0.29) is 0 Å². The Balaban J connectivity index is 2.34. The first-order chi connectivity index (χ1) is 5.25. The Morgan fingerprint density at radius 3 is 3.36 bits per heavy atom. The zero-order valence-corrected chi connectivity index (χ0v) is 6.75. The Hall–Kier alpha value is -0.830. The Morgan fingerprint density at radius 1 is 1.73 bits per heavy atom. The summed E-state index contributed by atoms with van der Waals surface area (Å²) in [7, 11) is 1.96. The minimum absolute atomic E-state index is 0.331. The van der Waals surface area contributed by atoms with Gasteiger partial charge in [0.05, 0.1) is 5.69 Å². The van der Waals surface area contributed by atoms with Crippen LogP contribution in [0.4, 0.5) is 0 Å². The van der Waals surface area contributed by atoms with Crippen molar-refractivity contribution >= 4 is 0 Å². The molecule has 1 atom stereocenters. The quantitative estimate of drug-likeness (QED) is 0.577. The molecule has 0 saturated carbocycles. The lowest BCUT2D eigenvalue weighted by Crippen LogP contribution is -2.27. The molecule has 1 aliphatic rings. The zero-order valence-electron chi connectivity index (χ0n) is 6.75. The van der Waals surface area contributed by atoms with Crippen LogP contribution in [0.15, 0.2) is 6.20 Å². The normalized spacial score (nSPS) is 23.3. The van der Waals surface area contributed by atoms with Gasteiger partial charge in [0.1, 0.15) is 0 Å². The van der Waals surface area contributed by atoms with Crippen molar-refractivity contribution in [2.45, 2.75) is 25.3 Å². The van der Waals surface area contributed by atoms with Gasteiger partial charge in [-0.25, -0.2) is 0 Å². The van der Waals surface area contributed by atoms with E-state index in [1.165, 1.54) is 11.3 Å². The van der Waals surface area contributed by atoms with Gasteiger partial charge >= 0.3 is 0 Å². The number of rotatable bonds is 0. The summed E-state index contributed by atoms with van der Waals surface area (Å²) in [4.78, 5) is 0. The average molecular weight is 151 g/mol. The predicted molar refractivity (Wildman–Crippen MR) is 43.2 cm³/mol. The summed E-state index contributed by atoms with van der Waals surface area (Å²) in [5.41, 5.74) is 8.39. The first kappa shape index (κ1) is 6.85. The standard InChI is InChI=1S/C8H13N3/c1-11-5-6-2-3-7(9)4-8(6)10-11/h5,7H,2-4,9H2,1H3. The van der Waals surface area contributed by atoms with Gasteiger partial charge in [-0.1, -0.05) is 0 Å². The fourth-order valence-corrected chi connectivity index (χ4v) is 1.66. The maximum Gasteiger partial charge on any atom is 0.0671 e. The second kappa shape index (κ2) is 2.34. The summed E-state index contributed by atoms with van der Waals surface area (Å²) in [6.45, 7) is 0. The third-order valence-electron chi connectivity index (χ3n) is 2.23. The van der Waals surface area contributed by atoms with Crippen LogP contribution in [0.1, 0.15) is 17.7 Å². The molecule has 1 aromatic rings. The molecule has 0 bridgehead atoms. The molecule has 2 N–H and O–H groups in total. The van der Waals surface area contributed by atoms with Crippen LogP contribution < -0.4 is 5.73 Å². The molecule has 0 fully saturated rings. The van der Waals surface area contributed by atoms with Gasteiger partial charge in [0.2, 0.25) is 0 Å². The number of hydrogen-bond acceptors (Lipinski definition) is 2. The van der Waals surface area contributed by atoms with E-state index in [2.05, 4.69) is 11.3 Å². The highest BCUT2D eigenvalue weighted by Crippen LogP contribution is 2.17. The summed E-state index contributed by atoms with van der Waals surface area (Å²) in [6, 6.07) is 0.331. The lowest BCUT2D eigenvalue weighted by molar-refractivity contribution is 0.566. The zero-order chi connectivity index (χ0) is 7.84. The van der Waals surface area contributed by atoms with Gasteiger partial charge in [-0.15, -0.1) is 0 Å². The van der Waals surface area contributed by atoms with Crippen molar-refractivity contribution in [1.82, 2.24) is 9.78 Å². The van der Waals surface area contributed by atoms with Crippen LogP contribution in [0.25, 0.3) is 0 Å². The third-order valence-corrected chi connectivity index (χ3v) is 2.23. The smallest absolute Gasteiger partial charge is 0.0671 e. The molecule has 1 aromatic heterocycles. The van der Waals surface area contributed by atoms with Gasteiger partial charge in [0.25, 0.3) is 0 Å². The highest BCUT2D eigenvalue weighted by atomic mass is 15.3. The predicted octanol–water partition coefficient (Wildman–Crippen LogP) is 0.236. The highest BCUT2D eigenvalue weighted by molar-refractivity contribution is 5.21. The second-order valence-electron chi connectivity index (χ2n) is 3.28. The molecule has 11 heavy (non-hydrogen) atoms. The topological polar surface area (TPSA) is 43.8 Å². The Labute approximate surface area is 66.2 Å². The minimum Gasteiger partial charge on any atom is -0.327 e. The van der Waals surface area contributed by atoms with E-state index in [0.29, 0.717) is 6.04 Å². The monoisotopic (exact) mass is 151 g/mol. The van der Waals surface area contributed by atoms with Gasteiger partial charge in [0, 0.05) is 25.7 Å². The van der Waals surface area contributed by atoms with Gasteiger partial charge in [-0.3, -0.25) is 4.68 Å². The lowest BCUT2D eigenvalue weighted by Gasteiger charge is -2.15. The van der Waals surface area contributed by atoms with E-state index in [1.807, 2.05) is 11.7 Å². The SMILES string of the molecule is Cn1cc2c(n1)CC(N)CC2. The van der Waals surface area contributed by atoms with Gasteiger partial charge in [-0.2, -0.15) is 5.10 Å². The maximum absolute atomic E-state index is 5.81. The molecule has 60 valence electrons. The molecule has 0 amide bonds. The van der Waals surface area contributed by atoms with E-state index < -0.39 is 0 Å². The molecule has 3 nitrogen and oxygen atoms in total. The van der Waals surface area contributed by atoms with Crippen LogP contribution >= 0.6 is 0 Å². The summed E-state index contributed by atoms with van der Waals surface area (Å²) >= 11 is 0. The van der Waals surface area contributed by atoms with Crippen molar-refractivity contribution in [3.05, 3.63) is 17.5 Å². The fourth-order valence-electron chi connectivity index (χ4n) is 1.66. The Kier molecular flexibility index (Phi) is 1.46. The fraction of sp³-hybridized carbons (Fsp3) is 0.625. The first-order valence-electron chi connectivity index (χ1n) is 4.02. The number of aryl methyl sites for hydroxylation is 2. The molecule has 0 aliphatic heterocycles. The Morgan fingerprint density at radius 2 is 2.55 bits per heavy atom. The first-order valence-corrected chi connectivity index (χ1v) is 4.02. The van der Waals surface area contributed by atoms with Crippen molar-refractivity contribution < 1.29 is 0 Å². The van der Waals surface area contributed by atoms with E-state index in [1.54, 1.807) is 0 Å². The van der Waals surface area contributed by atoms with E-state index in [4.69, 9.17) is 5.73 Å². The molecule has 1 heterocycles. The van der Waals surface area contributed by atoms with Crippen molar-refractivity contribution in [2.24, 2.45) is 12.8 Å². The van der Waals surface area contributed by atoms with Crippen LogP contribution in [0.2, 0.25) is 0 Å². The van der Waals surface area contributed by atoms with Gasteiger partial charge < -0.3 is 5.73 Å². The summed E-state index contributed by atoms with van der Waals surface area (Å²) in [5.74, 6) is 0. The summed E-state index contributed by atoms with van der Waals surface area (Å²) in [6.07, 6.45) is 5.26. The number of aromatic nitrogens is 2. The molecule has 0 saturated heterocycles. The van der Waals surface area contributed by atoms with E-state index in [9.17, 15) is 0 Å². The molecular formula is C8H13N3. The van der Waals surface area contributed by atoms with Crippen LogP contribution in [0.3, 0.4) is 0 Å². The number of hydrogen-bond donors (Lipinski definition) is 1. The molecule has 1 unspecified atom stereocenters. The molecule has 1 aliphatic carbocycles. The second-order valence-corrected chi connectivity index (χ2v) is 3.28. The minimum atomic E-state index is 0.331. The number of nitrogens with zero attached hydrogens (tertiary/aromatic N) is 2. The molecule has 0 radical (unpaired) electrons. The average Bonchev–Trinajstić information content (AvgIpc) is 2.27. The number of fused-ring (bicyclic) bond motifs is 1.